The fourth-order valence-corrected chi connectivity index (χ4v) is 3.10. The molecule has 0 fully saturated rings. The zero-order valence-electron chi connectivity index (χ0n) is 15.0. The third-order valence-corrected chi connectivity index (χ3v) is 4.60. The fourth-order valence-electron chi connectivity index (χ4n) is 3.10. The topological polar surface area (TPSA) is 67.2 Å². The van der Waals surface area contributed by atoms with E-state index in [4.69, 9.17) is 0 Å². The number of hydrogen-bond acceptors (Lipinski definition) is 3. The number of anilines is 1. The minimum Gasteiger partial charge on any atom is -0.350 e. The lowest BCUT2D eigenvalue weighted by Gasteiger charge is -2.31. The van der Waals surface area contributed by atoms with Gasteiger partial charge >= 0.3 is 0 Å². The predicted molar refractivity (Wildman–Crippen MR) is 96.2 cm³/mol. The average Bonchev–Trinajstić information content (AvgIpc) is 2.99. The van der Waals surface area contributed by atoms with E-state index in [0.29, 0.717) is 25.3 Å². The molecular weight excluding hydrogens is 316 g/mol. The van der Waals surface area contributed by atoms with E-state index in [-0.39, 0.29) is 11.8 Å². The molecule has 6 heteroatoms. The minimum atomic E-state index is -0.572. The zero-order valence-corrected chi connectivity index (χ0v) is 15.0. The molecule has 2 aromatic rings. The number of aryl methyl sites for hydroxylation is 3. The van der Waals surface area contributed by atoms with Crippen molar-refractivity contribution < 1.29 is 9.59 Å². The number of carbonyl (C=O) groups is 2. The standard InChI is InChI=1S/C19H24N4O2/c1-4-15-5-7-16(8-6-15)12-20-19(25)14(3)23-17-11-13(2)21-22(17)10-9-18(23)24/h5-8,11,14H,4,9-10,12H2,1-3H3,(H,20,25)/t14-/m0/s1. The van der Waals surface area contributed by atoms with Gasteiger partial charge in [-0.3, -0.25) is 14.5 Å². The lowest BCUT2D eigenvalue weighted by molar-refractivity contribution is -0.126. The molecule has 1 aliphatic heterocycles. The second kappa shape index (κ2) is 7.09. The van der Waals surface area contributed by atoms with E-state index >= 15 is 0 Å². The van der Waals surface area contributed by atoms with E-state index in [2.05, 4.69) is 29.5 Å². The van der Waals surface area contributed by atoms with E-state index < -0.39 is 6.04 Å². The lowest BCUT2D eigenvalue weighted by Crippen LogP contribution is -2.50. The van der Waals surface area contributed by atoms with Crippen LogP contribution < -0.4 is 10.2 Å². The van der Waals surface area contributed by atoms with Crippen molar-refractivity contribution in [2.24, 2.45) is 0 Å². The Hall–Kier alpha value is -2.63. The Labute approximate surface area is 147 Å². The molecule has 25 heavy (non-hydrogen) atoms. The number of nitrogens with one attached hydrogen (secondary N) is 1. The monoisotopic (exact) mass is 340 g/mol. The van der Waals surface area contributed by atoms with Crippen LogP contribution in [0.5, 0.6) is 0 Å². The van der Waals surface area contributed by atoms with Crippen LogP contribution in [0.3, 0.4) is 0 Å². The van der Waals surface area contributed by atoms with Gasteiger partial charge in [0.15, 0.2) is 0 Å². The Morgan fingerprint density at radius 2 is 1.96 bits per heavy atom. The molecule has 0 radical (unpaired) electrons. The molecule has 1 atom stereocenters. The fraction of sp³-hybridized carbons (Fsp3) is 0.421. The van der Waals surface area contributed by atoms with Crippen molar-refractivity contribution in [1.82, 2.24) is 15.1 Å². The molecule has 0 unspecified atom stereocenters. The summed E-state index contributed by atoms with van der Waals surface area (Å²) in [5, 5.41) is 7.31. The summed E-state index contributed by atoms with van der Waals surface area (Å²) < 4.78 is 1.80. The Morgan fingerprint density at radius 1 is 1.28 bits per heavy atom. The number of fused-ring (bicyclic) bond motifs is 1. The van der Waals surface area contributed by atoms with Gasteiger partial charge in [-0.1, -0.05) is 31.2 Å². The van der Waals surface area contributed by atoms with Crippen LogP contribution in [0.4, 0.5) is 5.82 Å². The van der Waals surface area contributed by atoms with E-state index in [0.717, 1.165) is 17.7 Å². The third kappa shape index (κ3) is 3.57. The summed E-state index contributed by atoms with van der Waals surface area (Å²) in [4.78, 5) is 26.5. The Balaban J connectivity index is 1.68. The van der Waals surface area contributed by atoms with Crippen LogP contribution in [0.2, 0.25) is 0 Å². The van der Waals surface area contributed by atoms with E-state index in [1.54, 1.807) is 16.5 Å². The Kier molecular flexibility index (Phi) is 4.88. The second-order valence-corrected chi connectivity index (χ2v) is 6.44. The molecule has 0 bridgehead atoms. The highest BCUT2D eigenvalue weighted by Gasteiger charge is 2.32. The molecule has 2 heterocycles. The maximum Gasteiger partial charge on any atom is 0.243 e. The van der Waals surface area contributed by atoms with Gasteiger partial charge in [0.1, 0.15) is 11.9 Å². The quantitative estimate of drug-likeness (QED) is 0.907. The minimum absolute atomic E-state index is 0.0395. The van der Waals surface area contributed by atoms with Gasteiger partial charge in [-0.15, -0.1) is 0 Å². The van der Waals surface area contributed by atoms with E-state index in [1.807, 2.05) is 25.1 Å². The van der Waals surface area contributed by atoms with Crippen molar-refractivity contribution in [3.63, 3.8) is 0 Å². The molecule has 3 rings (SSSR count). The van der Waals surface area contributed by atoms with Crippen LogP contribution in [-0.2, 0) is 29.1 Å². The summed E-state index contributed by atoms with van der Waals surface area (Å²) in [6.07, 6.45) is 1.36. The predicted octanol–water partition coefficient (Wildman–Crippen LogP) is 2.20. The maximum atomic E-state index is 12.6. The molecule has 0 aliphatic carbocycles. The van der Waals surface area contributed by atoms with Gasteiger partial charge in [0.05, 0.1) is 12.2 Å². The van der Waals surface area contributed by atoms with Gasteiger partial charge in [-0.2, -0.15) is 5.10 Å². The highest BCUT2D eigenvalue weighted by atomic mass is 16.2. The smallest absolute Gasteiger partial charge is 0.243 e. The van der Waals surface area contributed by atoms with E-state index in [1.165, 1.54) is 5.56 Å². The van der Waals surface area contributed by atoms with Gasteiger partial charge in [0.25, 0.3) is 0 Å². The SMILES string of the molecule is CCc1ccc(CNC(=O)[C@H](C)N2C(=O)CCn3nc(C)cc32)cc1. The molecule has 0 saturated heterocycles. The first-order valence-electron chi connectivity index (χ1n) is 8.71. The first kappa shape index (κ1) is 17.2. The van der Waals surface area contributed by atoms with Crippen molar-refractivity contribution in [2.45, 2.75) is 52.7 Å². The van der Waals surface area contributed by atoms with Crippen molar-refractivity contribution >= 4 is 17.6 Å². The molecule has 0 saturated carbocycles. The van der Waals surface area contributed by atoms with Crippen molar-refractivity contribution in [2.75, 3.05) is 4.90 Å². The van der Waals surface area contributed by atoms with Crippen LogP contribution in [0, 0.1) is 6.92 Å². The molecular formula is C19H24N4O2. The second-order valence-electron chi connectivity index (χ2n) is 6.44. The van der Waals surface area contributed by atoms with Gasteiger partial charge < -0.3 is 5.32 Å². The zero-order chi connectivity index (χ0) is 18.0. The summed E-state index contributed by atoms with van der Waals surface area (Å²) in [6.45, 7) is 6.77. The number of aromatic nitrogens is 2. The van der Waals surface area contributed by atoms with Crippen LogP contribution in [0.1, 0.15) is 37.1 Å². The first-order chi connectivity index (χ1) is 12.0. The normalized spacial score (nSPS) is 15.0. The van der Waals surface area contributed by atoms with Gasteiger partial charge in [-0.25, -0.2) is 4.68 Å². The number of rotatable bonds is 5. The molecule has 1 aromatic carbocycles. The molecule has 1 aromatic heterocycles. The first-order valence-corrected chi connectivity index (χ1v) is 8.71. The summed E-state index contributed by atoms with van der Waals surface area (Å²) in [6, 6.07) is 9.46. The molecule has 6 nitrogen and oxygen atoms in total. The molecule has 1 N–H and O–H groups in total. The summed E-state index contributed by atoms with van der Waals surface area (Å²) in [5.41, 5.74) is 3.16. The molecule has 2 amide bonds. The number of nitrogens with zero attached hydrogens (tertiary/aromatic N) is 3. The van der Waals surface area contributed by atoms with Crippen LogP contribution in [0.15, 0.2) is 30.3 Å². The number of carbonyl (C=O) groups excluding carboxylic acids is 2. The van der Waals surface area contributed by atoms with Gasteiger partial charge in [-0.05, 0) is 31.4 Å². The number of hydrogen-bond donors (Lipinski definition) is 1. The number of benzene rings is 1. The average molecular weight is 340 g/mol. The van der Waals surface area contributed by atoms with Gasteiger partial charge in [0.2, 0.25) is 11.8 Å². The summed E-state index contributed by atoms with van der Waals surface area (Å²) in [7, 11) is 0. The molecule has 1 aliphatic rings. The van der Waals surface area contributed by atoms with Gasteiger partial charge in [0, 0.05) is 19.0 Å². The Bertz CT molecular complexity index is 779. The maximum absolute atomic E-state index is 12.6. The summed E-state index contributed by atoms with van der Waals surface area (Å²) >= 11 is 0. The van der Waals surface area contributed by atoms with Crippen LogP contribution >= 0.6 is 0 Å². The summed E-state index contributed by atoms with van der Waals surface area (Å²) in [5.74, 6) is 0.492. The van der Waals surface area contributed by atoms with Crippen LogP contribution in [-0.4, -0.2) is 27.6 Å². The largest absolute Gasteiger partial charge is 0.350 e. The molecule has 0 spiro atoms. The third-order valence-electron chi connectivity index (χ3n) is 4.60. The van der Waals surface area contributed by atoms with Crippen molar-refractivity contribution in [3.8, 4) is 0 Å². The van der Waals surface area contributed by atoms with E-state index in [9.17, 15) is 9.59 Å². The number of amides is 2. The van der Waals surface area contributed by atoms with Crippen molar-refractivity contribution in [3.05, 3.63) is 47.2 Å². The lowest BCUT2D eigenvalue weighted by atomic mass is 10.1. The van der Waals surface area contributed by atoms with Crippen molar-refractivity contribution in [1.29, 1.82) is 0 Å². The molecule has 132 valence electrons. The van der Waals surface area contributed by atoms with Crippen LogP contribution in [0.25, 0.3) is 0 Å². The highest BCUT2D eigenvalue weighted by Crippen LogP contribution is 2.24. The highest BCUT2D eigenvalue weighted by molar-refractivity contribution is 6.00. The Morgan fingerprint density at radius 3 is 2.64 bits per heavy atom.